The van der Waals surface area contributed by atoms with Crippen molar-refractivity contribution in [2.24, 2.45) is 5.73 Å². The van der Waals surface area contributed by atoms with Gasteiger partial charge in [0.1, 0.15) is 0 Å². The number of carbonyl (C=O) groups is 2. The van der Waals surface area contributed by atoms with E-state index in [9.17, 15) is 9.59 Å². The van der Waals surface area contributed by atoms with E-state index in [0.29, 0.717) is 11.4 Å². The molecular weight excluding hydrogens is 232 g/mol. The maximum Gasteiger partial charge on any atom is 0.250 e. The summed E-state index contributed by atoms with van der Waals surface area (Å²) >= 11 is 0. The van der Waals surface area contributed by atoms with Gasteiger partial charge in [0.15, 0.2) is 0 Å². The lowest BCUT2D eigenvalue weighted by Gasteiger charge is -2.11. The summed E-state index contributed by atoms with van der Waals surface area (Å²) in [6, 6.07) is 4.87. The summed E-state index contributed by atoms with van der Waals surface area (Å²) in [5.41, 5.74) is 12.0. The Labute approximate surface area is 106 Å². The first kappa shape index (κ1) is 13.8. The van der Waals surface area contributed by atoms with Crippen LogP contribution in [-0.2, 0) is 4.79 Å². The number of carbonyl (C=O) groups excluding carboxylic acids is 2. The predicted octanol–water partition coefficient (Wildman–Crippen LogP) is 0.304. The number of nitrogens with two attached hydrogens (primary N) is 2. The third kappa shape index (κ3) is 3.97. The molecule has 0 spiro atoms. The first-order chi connectivity index (χ1) is 8.40. The van der Waals surface area contributed by atoms with Crippen molar-refractivity contribution in [3.63, 3.8) is 0 Å². The zero-order chi connectivity index (χ0) is 13.7. The molecule has 6 N–H and O–H groups in total. The summed E-state index contributed by atoms with van der Waals surface area (Å²) in [4.78, 5) is 22.5. The van der Waals surface area contributed by atoms with E-state index in [1.54, 1.807) is 12.1 Å². The number of benzene rings is 1. The lowest BCUT2D eigenvalue weighted by molar-refractivity contribution is -0.119. The van der Waals surface area contributed by atoms with Gasteiger partial charge < -0.3 is 22.1 Å². The molecule has 18 heavy (non-hydrogen) atoms. The van der Waals surface area contributed by atoms with Crippen molar-refractivity contribution in [2.45, 2.75) is 19.9 Å². The molecule has 0 aliphatic carbocycles. The highest BCUT2D eigenvalue weighted by Gasteiger charge is 2.08. The molecule has 0 atom stereocenters. The molecule has 0 unspecified atom stereocenters. The minimum Gasteiger partial charge on any atom is -0.398 e. The van der Waals surface area contributed by atoms with Gasteiger partial charge in [-0.3, -0.25) is 9.59 Å². The molecule has 1 rings (SSSR count). The van der Waals surface area contributed by atoms with E-state index in [2.05, 4.69) is 10.6 Å². The van der Waals surface area contributed by atoms with Crippen molar-refractivity contribution >= 4 is 23.2 Å². The number of anilines is 2. The van der Waals surface area contributed by atoms with E-state index >= 15 is 0 Å². The van der Waals surface area contributed by atoms with Crippen LogP contribution in [0, 0.1) is 0 Å². The van der Waals surface area contributed by atoms with Gasteiger partial charge in [0.2, 0.25) is 5.91 Å². The Bertz CT molecular complexity index is 457. The fourth-order valence-electron chi connectivity index (χ4n) is 1.43. The van der Waals surface area contributed by atoms with Crippen LogP contribution in [0.3, 0.4) is 0 Å². The van der Waals surface area contributed by atoms with Crippen LogP contribution in [0.5, 0.6) is 0 Å². The van der Waals surface area contributed by atoms with Crippen LogP contribution in [0.15, 0.2) is 18.2 Å². The van der Waals surface area contributed by atoms with Crippen molar-refractivity contribution in [1.82, 2.24) is 5.32 Å². The van der Waals surface area contributed by atoms with Gasteiger partial charge >= 0.3 is 0 Å². The van der Waals surface area contributed by atoms with Crippen LogP contribution < -0.4 is 22.1 Å². The fraction of sp³-hybridized carbons (Fsp3) is 0.333. The Morgan fingerprint density at radius 1 is 1.33 bits per heavy atom. The smallest absolute Gasteiger partial charge is 0.250 e. The van der Waals surface area contributed by atoms with Crippen molar-refractivity contribution in [3.05, 3.63) is 23.8 Å². The first-order valence-corrected chi connectivity index (χ1v) is 5.62. The molecule has 0 bridgehead atoms. The van der Waals surface area contributed by atoms with E-state index < -0.39 is 5.91 Å². The Hall–Kier alpha value is -2.24. The molecule has 6 heteroatoms. The minimum absolute atomic E-state index is 0.0897. The van der Waals surface area contributed by atoms with Gasteiger partial charge in [-0.15, -0.1) is 0 Å². The zero-order valence-electron chi connectivity index (χ0n) is 10.5. The fourth-order valence-corrected chi connectivity index (χ4v) is 1.43. The summed E-state index contributed by atoms with van der Waals surface area (Å²) in [5.74, 6) is -0.717. The molecule has 0 aliphatic heterocycles. The third-order valence-corrected chi connectivity index (χ3v) is 2.22. The average molecular weight is 250 g/mol. The average Bonchev–Trinajstić information content (AvgIpc) is 2.26. The zero-order valence-corrected chi connectivity index (χ0v) is 10.5. The number of primary amides is 1. The highest BCUT2D eigenvalue weighted by Crippen LogP contribution is 2.16. The highest BCUT2D eigenvalue weighted by atomic mass is 16.2. The summed E-state index contributed by atoms with van der Waals surface area (Å²) < 4.78 is 0. The van der Waals surface area contributed by atoms with Gasteiger partial charge in [0.05, 0.1) is 12.1 Å². The van der Waals surface area contributed by atoms with Crippen molar-refractivity contribution in [3.8, 4) is 0 Å². The van der Waals surface area contributed by atoms with Gasteiger partial charge in [0, 0.05) is 17.4 Å². The van der Waals surface area contributed by atoms with Gasteiger partial charge in [-0.05, 0) is 32.0 Å². The molecule has 0 radical (unpaired) electrons. The Morgan fingerprint density at radius 3 is 2.56 bits per heavy atom. The van der Waals surface area contributed by atoms with Crippen LogP contribution in [0.25, 0.3) is 0 Å². The normalized spacial score (nSPS) is 10.2. The predicted molar refractivity (Wildman–Crippen MR) is 71.1 cm³/mol. The number of nitrogen functional groups attached to an aromatic ring is 1. The van der Waals surface area contributed by atoms with Gasteiger partial charge in [-0.2, -0.15) is 0 Å². The first-order valence-electron chi connectivity index (χ1n) is 5.62. The van der Waals surface area contributed by atoms with E-state index in [0.717, 1.165) is 0 Å². The van der Waals surface area contributed by atoms with Gasteiger partial charge in [-0.25, -0.2) is 0 Å². The van der Waals surface area contributed by atoms with E-state index in [1.165, 1.54) is 6.07 Å². The second-order valence-corrected chi connectivity index (χ2v) is 4.24. The number of nitrogens with one attached hydrogen (secondary N) is 2. The van der Waals surface area contributed by atoms with Crippen molar-refractivity contribution in [1.29, 1.82) is 0 Å². The monoisotopic (exact) mass is 250 g/mol. The molecule has 0 heterocycles. The standard InChI is InChI=1S/C12H18N4O2/c1-7(2)16-11(17)6-15-8-3-4-10(13)9(5-8)12(14)18/h3-5,7,15H,6,13H2,1-2H3,(H2,14,18)(H,16,17). The Kier molecular flexibility index (Phi) is 4.53. The molecule has 1 aromatic rings. The highest BCUT2D eigenvalue weighted by molar-refractivity contribution is 5.99. The molecule has 2 amide bonds. The summed E-state index contributed by atoms with van der Waals surface area (Å²) in [6.45, 7) is 3.89. The molecule has 98 valence electrons. The van der Waals surface area contributed by atoms with E-state index in [4.69, 9.17) is 11.5 Å². The van der Waals surface area contributed by atoms with E-state index in [-0.39, 0.29) is 24.1 Å². The summed E-state index contributed by atoms with van der Waals surface area (Å²) in [7, 11) is 0. The number of hydrogen-bond acceptors (Lipinski definition) is 4. The van der Waals surface area contributed by atoms with Gasteiger partial charge in [-0.1, -0.05) is 0 Å². The molecular formula is C12H18N4O2. The minimum atomic E-state index is -0.595. The molecule has 0 saturated carbocycles. The molecule has 0 fully saturated rings. The SMILES string of the molecule is CC(C)NC(=O)CNc1ccc(N)c(C(N)=O)c1. The van der Waals surface area contributed by atoms with Gasteiger partial charge in [0.25, 0.3) is 5.91 Å². The van der Waals surface area contributed by atoms with Crippen molar-refractivity contribution in [2.75, 3.05) is 17.6 Å². The number of hydrogen-bond donors (Lipinski definition) is 4. The second-order valence-electron chi connectivity index (χ2n) is 4.24. The Balaban J connectivity index is 2.66. The largest absolute Gasteiger partial charge is 0.398 e. The molecule has 0 aliphatic rings. The molecule has 0 saturated heterocycles. The van der Waals surface area contributed by atoms with Crippen LogP contribution in [-0.4, -0.2) is 24.4 Å². The topological polar surface area (TPSA) is 110 Å². The Morgan fingerprint density at radius 2 is 2.00 bits per heavy atom. The van der Waals surface area contributed by atoms with Crippen molar-refractivity contribution < 1.29 is 9.59 Å². The van der Waals surface area contributed by atoms with Crippen LogP contribution >= 0.6 is 0 Å². The van der Waals surface area contributed by atoms with E-state index in [1.807, 2.05) is 13.8 Å². The quantitative estimate of drug-likeness (QED) is 0.563. The summed E-state index contributed by atoms with van der Waals surface area (Å²) in [6.07, 6.45) is 0. The van der Waals surface area contributed by atoms with Crippen LogP contribution in [0.4, 0.5) is 11.4 Å². The molecule has 6 nitrogen and oxygen atoms in total. The van der Waals surface area contributed by atoms with Crippen LogP contribution in [0.2, 0.25) is 0 Å². The molecule has 1 aromatic carbocycles. The lowest BCUT2D eigenvalue weighted by atomic mass is 10.1. The maximum absolute atomic E-state index is 11.4. The summed E-state index contributed by atoms with van der Waals surface area (Å²) in [5, 5.41) is 5.64. The molecule has 0 aromatic heterocycles. The second kappa shape index (κ2) is 5.90. The van der Waals surface area contributed by atoms with Crippen LogP contribution in [0.1, 0.15) is 24.2 Å². The third-order valence-electron chi connectivity index (χ3n) is 2.22. The number of amides is 2. The number of rotatable bonds is 5. The lowest BCUT2D eigenvalue weighted by Crippen LogP contribution is -2.34. The maximum atomic E-state index is 11.4.